The largest absolute Gasteiger partial charge is 0.394 e. The number of carbonyl (C=O) groups excluding carboxylic acids is 1. The number of rotatable bonds is 3. The first-order valence-corrected chi connectivity index (χ1v) is 5.64. The summed E-state index contributed by atoms with van der Waals surface area (Å²) in [5.74, 6) is 0.536. The number of aliphatic hydroxyl groups is 1. The van der Waals surface area contributed by atoms with Crippen LogP contribution < -0.4 is 5.73 Å². The van der Waals surface area contributed by atoms with Crippen LogP contribution in [0.15, 0.2) is 0 Å². The Morgan fingerprint density at radius 3 is 2.80 bits per heavy atom. The first kappa shape index (κ1) is 12.5. The van der Waals surface area contributed by atoms with Crippen molar-refractivity contribution in [2.75, 3.05) is 19.7 Å². The minimum absolute atomic E-state index is 0.0432. The molecule has 0 aromatic heterocycles. The summed E-state index contributed by atoms with van der Waals surface area (Å²) in [5, 5.41) is 9.17. The number of hydrogen-bond donors (Lipinski definition) is 2. The summed E-state index contributed by atoms with van der Waals surface area (Å²) in [6.45, 7) is 5.30. The monoisotopic (exact) mass is 214 g/mol. The van der Waals surface area contributed by atoms with Crippen LogP contribution in [0.5, 0.6) is 0 Å². The molecule has 4 heteroatoms. The molecule has 15 heavy (non-hydrogen) atoms. The molecule has 0 saturated carbocycles. The van der Waals surface area contributed by atoms with E-state index in [0.717, 1.165) is 19.4 Å². The van der Waals surface area contributed by atoms with Crippen molar-refractivity contribution >= 4 is 5.91 Å². The standard InChI is InChI=1S/C11H22N2O2/c1-9(2)6-10(15)13-5-3-4-11(12,7-13)8-14/h9,14H,3-8,12H2,1-2H3. The van der Waals surface area contributed by atoms with E-state index >= 15 is 0 Å². The van der Waals surface area contributed by atoms with Crippen molar-refractivity contribution < 1.29 is 9.90 Å². The van der Waals surface area contributed by atoms with E-state index in [0.29, 0.717) is 18.9 Å². The number of nitrogens with two attached hydrogens (primary N) is 1. The van der Waals surface area contributed by atoms with Crippen molar-refractivity contribution in [1.82, 2.24) is 4.90 Å². The van der Waals surface area contributed by atoms with E-state index in [4.69, 9.17) is 10.8 Å². The zero-order chi connectivity index (χ0) is 11.5. The summed E-state index contributed by atoms with van der Waals surface area (Å²) >= 11 is 0. The lowest BCUT2D eigenvalue weighted by atomic mass is 9.90. The summed E-state index contributed by atoms with van der Waals surface area (Å²) in [5.41, 5.74) is 5.39. The third-order valence-electron chi connectivity index (χ3n) is 2.86. The summed E-state index contributed by atoms with van der Waals surface area (Å²) < 4.78 is 0. The molecule has 1 amide bonds. The Morgan fingerprint density at radius 2 is 2.27 bits per heavy atom. The number of amides is 1. The lowest BCUT2D eigenvalue weighted by Gasteiger charge is -2.39. The number of hydrogen-bond acceptors (Lipinski definition) is 3. The molecule has 1 saturated heterocycles. The number of likely N-dealkylation sites (tertiary alicyclic amines) is 1. The Bertz CT molecular complexity index is 231. The quantitative estimate of drug-likeness (QED) is 0.712. The average molecular weight is 214 g/mol. The molecular weight excluding hydrogens is 192 g/mol. The molecule has 0 spiro atoms. The highest BCUT2D eigenvalue weighted by Crippen LogP contribution is 2.19. The van der Waals surface area contributed by atoms with Gasteiger partial charge in [0.1, 0.15) is 0 Å². The maximum absolute atomic E-state index is 11.8. The molecule has 1 rings (SSSR count). The van der Waals surface area contributed by atoms with Crippen molar-refractivity contribution in [3.05, 3.63) is 0 Å². The molecule has 0 radical (unpaired) electrons. The van der Waals surface area contributed by atoms with Gasteiger partial charge < -0.3 is 15.7 Å². The zero-order valence-corrected chi connectivity index (χ0v) is 9.70. The van der Waals surface area contributed by atoms with E-state index in [-0.39, 0.29) is 12.5 Å². The Balaban J connectivity index is 2.52. The zero-order valence-electron chi connectivity index (χ0n) is 9.70. The predicted octanol–water partition coefficient (Wildman–Crippen LogP) is 0.345. The Morgan fingerprint density at radius 1 is 1.60 bits per heavy atom. The second kappa shape index (κ2) is 4.94. The Kier molecular flexibility index (Phi) is 4.11. The number of carbonyl (C=O) groups is 1. The lowest BCUT2D eigenvalue weighted by molar-refractivity contribution is -0.134. The summed E-state index contributed by atoms with van der Waals surface area (Å²) in [6, 6.07) is 0. The summed E-state index contributed by atoms with van der Waals surface area (Å²) in [4.78, 5) is 13.6. The second-order valence-electron chi connectivity index (χ2n) is 5.04. The first-order valence-electron chi connectivity index (χ1n) is 5.64. The van der Waals surface area contributed by atoms with Crippen LogP contribution in [-0.2, 0) is 4.79 Å². The van der Waals surface area contributed by atoms with Gasteiger partial charge in [-0.1, -0.05) is 13.8 Å². The van der Waals surface area contributed by atoms with Gasteiger partial charge in [0, 0.05) is 19.5 Å². The highest BCUT2D eigenvalue weighted by Gasteiger charge is 2.32. The highest BCUT2D eigenvalue weighted by atomic mass is 16.3. The van der Waals surface area contributed by atoms with Gasteiger partial charge in [-0.15, -0.1) is 0 Å². The van der Waals surface area contributed by atoms with Crippen LogP contribution in [0.25, 0.3) is 0 Å². The molecule has 1 atom stereocenters. The molecule has 4 nitrogen and oxygen atoms in total. The third kappa shape index (κ3) is 3.47. The average Bonchev–Trinajstić information content (AvgIpc) is 2.17. The fourth-order valence-electron chi connectivity index (χ4n) is 1.98. The van der Waals surface area contributed by atoms with E-state index in [1.54, 1.807) is 4.90 Å². The van der Waals surface area contributed by atoms with Crippen molar-refractivity contribution in [2.24, 2.45) is 11.7 Å². The van der Waals surface area contributed by atoms with Gasteiger partial charge in [-0.25, -0.2) is 0 Å². The smallest absolute Gasteiger partial charge is 0.222 e. The molecule has 1 fully saturated rings. The van der Waals surface area contributed by atoms with Crippen molar-refractivity contribution in [2.45, 2.75) is 38.6 Å². The first-order chi connectivity index (χ1) is 6.97. The summed E-state index contributed by atoms with van der Waals surface area (Å²) in [6.07, 6.45) is 2.26. The Labute approximate surface area is 91.4 Å². The fraction of sp³-hybridized carbons (Fsp3) is 0.909. The van der Waals surface area contributed by atoms with Crippen LogP contribution in [0.4, 0.5) is 0 Å². The maximum Gasteiger partial charge on any atom is 0.222 e. The minimum atomic E-state index is -0.578. The number of nitrogens with zero attached hydrogens (tertiary/aromatic N) is 1. The second-order valence-corrected chi connectivity index (χ2v) is 5.04. The van der Waals surface area contributed by atoms with E-state index in [9.17, 15) is 4.79 Å². The molecule has 0 aliphatic carbocycles. The summed E-state index contributed by atoms with van der Waals surface area (Å²) in [7, 11) is 0. The van der Waals surface area contributed by atoms with E-state index in [1.807, 2.05) is 13.8 Å². The van der Waals surface area contributed by atoms with Gasteiger partial charge in [0.05, 0.1) is 12.1 Å². The number of aliphatic hydroxyl groups excluding tert-OH is 1. The van der Waals surface area contributed by atoms with Crippen molar-refractivity contribution in [1.29, 1.82) is 0 Å². The van der Waals surface area contributed by atoms with Crippen LogP contribution >= 0.6 is 0 Å². The molecule has 1 aliphatic rings. The Hall–Kier alpha value is -0.610. The van der Waals surface area contributed by atoms with Gasteiger partial charge in [0.25, 0.3) is 0 Å². The SMILES string of the molecule is CC(C)CC(=O)N1CCCC(N)(CO)C1. The normalized spacial score (nSPS) is 27.1. The molecular formula is C11H22N2O2. The lowest BCUT2D eigenvalue weighted by Crippen LogP contribution is -2.58. The maximum atomic E-state index is 11.8. The number of piperidine rings is 1. The van der Waals surface area contributed by atoms with Gasteiger partial charge in [-0.3, -0.25) is 4.79 Å². The van der Waals surface area contributed by atoms with E-state index in [1.165, 1.54) is 0 Å². The van der Waals surface area contributed by atoms with Gasteiger partial charge in [0.15, 0.2) is 0 Å². The van der Waals surface area contributed by atoms with Crippen molar-refractivity contribution in [3.8, 4) is 0 Å². The molecule has 3 N–H and O–H groups in total. The van der Waals surface area contributed by atoms with E-state index < -0.39 is 5.54 Å². The molecule has 88 valence electrons. The third-order valence-corrected chi connectivity index (χ3v) is 2.86. The molecule has 1 heterocycles. The minimum Gasteiger partial charge on any atom is -0.394 e. The molecule has 1 aliphatic heterocycles. The van der Waals surface area contributed by atoms with Gasteiger partial charge in [0.2, 0.25) is 5.91 Å². The van der Waals surface area contributed by atoms with E-state index in [2.05, 4.69) is 0 Å². The van der Waals surface area contributed by atoms with Crippen LogP contribution in [0.1, 0.15) is 33.1 Å². The van der Waals surface area contributed by atoms with Crippen LogP contribution in [-0.4, -0.2) is 41.1 Å². The van der Waals surface area contributed by atoms with Gasteiger partial charge >= 0.3 is 0 Å². The molecule has 0 aromatic carbocycles. The van der Waals surface area contributed by atoms with Crippen LogP contribution in [0.2, 0.25) is 0 Å². The molecule has 1 unspecified atom stereocenters. The van der Waals surface area contributed by atoms with Crippen LogP contribution in [0.3, 0.4) is 0 Å². The van der Waals surface area contributed by atoms with Gasteiger partial charge in [-0.05, 0) is 18.8 Å². The van der Waals surface area contributed by atoms with Crippen molar-refractivity contribution in [3.63, 3.8) is 0 Å². The predicted molar refractivity (Wildman–Crippen MR) is 59.3 cm³/mol. The fourth-order valence-corrected chi connectivity index (χ4v) is 1.98. The highest BCUT2D eigenvalue weighted by molar-refractivity contribution is 5.76. The molecule has 0 bridgehead atoms. The molecule has 0 aromatic rings. The van der Waals surface area contributed by atoms with Crippen LogP contribution in [0, 0.1) is 5.92 Å². The topological polar surface area (TPSA) is 66.6 Å². The van der Waals surface area contributed by atoms with Gasteiger partial charge in [-0.2, -0.15) is 0 Å².